The molecule has 4 heterocycles. The van der Waals surface area contributed by atoms with Crippen molar-refractivity contribution in [2.75, 3.05) is 11.9 Å². The molecule has 0 atom stereocenters. The highest BCUT2D eigenvalue weighted by atomic mass is 19.4. The van der Waals surface area contributed by atoms with Gasteiger partial charge >= 0.3 is 6.18 Å². The monoisotopic (exact) mass is 515 g/mol. The third-order valence-corrected chi connectivity index (χ3v) is 6.19. The smallest absolute Gasteiger partial charge is 0.324 e. The van der Waals surface area contributed by atoms with Gasteiger partial charge in [0.05, 0.1) is 6.20 Å². The van der Waals surface area contributed by atoms with Crippen LogP contribution in [-0.2, 0) is 24.9 Å². The average Bonchev–Trinajstić information content (AvgIpc) is 3.08. The first-order valence-corrected chi connectivity index (χ1v) is 11.7. The molecule has 12 heteroatoms. The third kappa shape index (κ3) is 4.93. The molecular formula is C25H25F4N7O. The zero-order valence-corrected chi connectivity index (χ0v) is 20.4. The topological polar surface area (TPSA) is 89.7 Å². The molecule has 194 valence electrons. The van der Waals surface area contributed by atoms with E-state index >= 15 is 4.39 Å². The zero-order chi connectivity index (χ0) is 26.5. The fourth-order valence-corrected chi connectivity index (χ4v) is 4.33. The minimum absolute atomic E-state index is 0.0552. The predicted octanol–water partition coefficient (Wildman–Crippen LogP) is 4.37. The van der Waals surface area contributed by atoms with E-state index in [1.807, 2.05) is 39.0 Å². The normalized spacial score (nSPS) is 14.1. The Morgan fingerprint density at radius 2 is 1.86 bits per heavy atom. The lowest BCUT2D eigenvalue weighted by Crippen LogP contribution is -2.30. The Balaban J connectivity index is 1.67. The van der Waals surface area contributed by atoms with Crippen molar-refractivity contribution in [1.29, 1.82) is 0 Å². The number of hydrogen-bond donors (Lipinski definition) is 2. The molecule has 0 bridgehead atoms. The number of benzene rings is 1. The van der Waals surface area contributed by atoms with Gasteiger partial charge < -0.3 is 10.6 Å². The summed E-state index contributed by atoms with van der Waals surface area (Å²) in [6, 6.07) is 7.13. The maximum atomic E-state index is 15.1. The summed E-state index contributed by atoms with van der Waals surface area (Å²) < 4.78 is 56.8. The highest BCUT2D eigenvalue weighted by Crippen LogP contribution is 2.28. The van der Waals surface area contributed by atoms with Crippen LogP contribution in [0.3, 0.4) is 0 Å². The van der Waals surface area contributed by atoms with Crippen LogP contribution in [0, 0.1) is 5.82 Å². The Kier molecular flexibility index (Phi) is 6.01. The Bertz CT molecular complexity index is 1550. The lowest BCUT2D eigenvalue weighted by atomic mass is 9.91. The summed E-state index contributed by atoms with van der Waals surface area (Å²) in [4.78, 5) is 25.6. The molecule has 1 aliphatic heterocycles. The molecule has 0 saturated heterocycles. The molecule has 4 aromatic rings. The van der Waals surface area contributed by atoms with Crippen LogP contribution in [0.5, 0.6) is 0 Å². The molecule has 0 amide bonds. The van der Waals surface area contributed by atoms with Crippen molar-refractivity contribution in [3.05, 3.63) is 69.7 Å². The molecule has 2 N–H and O–H groups in total. The number of fused-ring (bicyclic) bond motifs is 2. The van der Waals surface area contributed by atoms with Crippen molar-refractivity contribution in [3.63, 3.8) is 0 Å². The summed E-state index contributed by atoms with van der Waals surface area (Å²) in [7, 11) is 0. The van der Waals surface area contributed by atoms with Gasteiger partial charge in [-0.25, -0.2) is 18.7 Å². The first-order chi connectivity index (χ1) is 17.4. The van der Waals surface area contributed by atoms with Gasteiger partial charge in [-0.15, -0.1) is 0 Å². The predicted molar refractivity (Wildman–Crippen MR) is 131 cm³/mol. The number of alkyl halides is 3. The molecule has 1 aliphatic rings. The fourth-order valence-electron chi connectivity index (χ4n) is 4.33. The molecule has 0 spiro atoms. The van der Waals surface area contributed by atoms with Crippen LogP contribution in [0.2, 0.25) is 0 Å². The first kappa shape index (κ1) is 24.9. The van der Waals surface area contributed by atoms with E-state index in [0.717, 1.165) is 35.6 Å². The molecule has 0 unspecified atom stereocenters. The minimum atomic E-state index is -4.74. The Morgan fingerprint density at radius 1 is 1.08 bits per heavy atom. The van der Waals surface area contributed by atoms with E-state index in [-0.39, 0.29) is 22.7 Å². The maximum Gasteiger partial charge on any atom is 0.408 e. The summed E-state index contributed by atoms with van der Waals surface area (Å²) >= 11 is 0. The summed E-state index contributed by atoms with van der Waals surface area (Å²) in [6.45, 7) is 5.50. The number of aromatic nitrogens is 5. The SMILES string of the molecule is CC(C)(C)c1cc(-n2c3nc(Nc4ccc5c(c4)CNCC5)ncc3c(=O)n2CC(F)(F)F)c(F)cn1. The zero-order valence-electron chi connectivity index (χ0n) is 20.4. The van der Waals surface area contributed by atoms with E-state index in [2.05, 4.69) is 25.6 Å². The molecule has 3 aromatic heterocycles. The van der Waals surface area contributed by atoms with Crippen molar-refractivity contribution in [2.24, 2.45) is 0 Å². The lowest BCUT2D eigenvalue weighted by molar-refractivity contribution is -0.144. The van der Waals surface area contributed by atoms with Gasteiger partial charge in [0.15, 0.2) is 11.5 Å². The molecular weight excluding hydrogens is 490 g/mol. The number of rotatable bonds is 4. The van der Waals surface area contributed by atoms with E-state index in [1.54, 1.807) is 0 Å². The lowest BCUT2D eigenvalue weighted by Gasteiger charge is -2.20. The van der Waals surface area contributed by atoms with Gasteiger partial charge in [0.25, 0.3) is 5.56 Å². The molecule has 37 heavy (non-hydrogen) atoms. The first-order valence-electron chi connectivity index (χ1n) is 11.7. The van der Waals surface area contributed by atoms with Gasteiger partial charge in [0.1, 0.15) is 17.6 Å². The van der Waals surface area contributed by atoms with Crippen LogP contribution >= 0.6 is 0 Å². The standard InChI is InChI=1S/C25H25F4N7O/c1-24(2,3)20-9-19(18(26)12-31-20)36-21-17(22(37)35(36)13-25(27,28)29)11-32-23(34-21)33-16-5-4-14-6-7-30-10-15(14)8-16/h4-5,8-9,11-12,30H,6-7,10,13H2,1-3H3,(H,32,33,34). The van der Waals surface area contributed by atoms with E-state index < -0.39 is 29.5 Å². The van der Waals surface area contributed by atoms with Crippen molar-refractivity contribution in [3.8, 4) is 5.69 Å². The molecule has 0 fully saturated rings. The number of pyridine rings is 1. The molecule has 1 aromatic carbocycles. The maximum absolute atomic E-state index is 15.1. The molecule has 8 nitrogen and oxygen atoms in total. The van der Waals surface area contributed by atoms with Crippen LogP contribution < -0.4 is 16.2 Å². The number of nitrogens with zero attached hydrogens (tertiary/aromatic N) is 5. The Morgan fingerprint density at radius 3 is 2.59 bits per heavy atom. The highest BCUT2D eigenvalue weighted by molar-refractivity contribution is 5.77. The summed E-state index contributed by atoms with van der Waals surface area (Å²) in [5.74, 6) is -0.837. The largest absolute Gasteiger partial charge is 0.408 e. The van der Waals surface area contributed by atoms with Crippen molar-refractivity contribution in [1.82, 2.24) is 29.6 Å². The quantitative estimate of drug-likeness (QED) is 0.393. The summed E-state index contributed by atoms with van der Waals surface area (Å²) in [5, 5.41) is 6.18. The minimum Gasteiger partial charge on any atom is -0.324 e. The second-order valence-electron chi connectivity index (χ2n) is 10.0. The second-order valence-corrected chi connectivity index (χ2v) is 10.0. The summed E-state index contributed by atoms with van der Waals surface area (Å²) in [6.07, 6.45) is -1.74. The van der Waals surface area contributed by atoms with Gasteiger partial charge in [-0.05, 0) is 42.3 Å². The second kappa shape index (κ2) is 8.94. The molecule has 0 aliphatic carbocycles. The summed E-state index contributed by atoms with van der Waals surface area (Å²) in [5.41, 5.74) is 1.52. The van der Waals surface area contributed by atoms with Gasteiger partial charge in [-0.3, -0.25) is 9.78 Å². The highest BCUT2D eigenvalue weighted by Gasteiger charge is 2.33. The van der Waals surface area contributed by atoms with E-state index in [9.17, 15) is 18.0 Å². The van der Waals surface area contributed by atoms with Crippen molar-refractivity contribution >= 4 is 22.7 Å². The fraction of sp³-hybridized carbons (Fsp3) is 0.360. The van der Waals surface area contributed by atoms with Gasteiger partial charge in [-0.1, -0.05) is 26.8 Å². The Hall–Kier alpha value is -3.80. The number of hydrogen-bond acceptors (Lipinski definition) is 6. The molecule has 0 radical (unpaired) electrons. The van der Waals surface area contributed by atoms with Crippen LogP contribution in [-0.4, -0.2) is 37.0 Å². The number of anilines is 2. The van der Waals surface area contributed by atoms with Gasteiger partial charge in [0, 0.05) is 29.5 Å². The van der Waals surface area contributed by atoms with Gasteiger partial charge in [-0.2, -0.15) is 18.2 Å². The molecule has 5 rings (SSSR count). The third-order valence-electron chi connectivity index (χ3n) is 6.19. The van der Waals surface area contributed by atoms with E-state index in [4.69, 9.17) is 0 Å². The van der Waals surface area contributed by atoms with Crippen LogP contribution in [0.4, 0.5) is 29.2 Å². The number of halogens is 4. The van der Waals surface area contributed by atoms with Crippen LogP contribution in [0.15, 0.2) is 41.5 Å². The van der Waals surface area contributed by atoms with Crippen LogP contribution in [0.25, 0.3) is 16.7 Å². The Labute approximate surface area is 209 Å². The average molecular weight is 516 g/mol. The molecule has 0 saturated carbocycles. The van der Waals surface area contributed by atoms with Crippen molar-refractivity contribution in [2.45, 2.75) is 51.9 Å². The van der Waals surface area contributed by atoms with Gasteiger partial charge in [0.2, 0.25) is 5.95 Å². The van der Waals surface area contributed by atoms with E-state index in [0.29, 0.717) is 22.6 Å². The number of nitrogens with one attached hydrogen (secondary N) is 2. The van der Waals surface area contributed by atoms with E-state index in [1.165, 1.54) is 11.6 Å². The van der Waals surface area contributed by atoms with Crippen molar-refractivity contribution < 1.29 is 17.6 Å². The van der Waals surface area contributed by atoms with Crippen LogP contribution in [0.1, 0.15) is 37.6 Å².